The van der Waals surface area contributed by atoms with Gasteiger partial charge in [0, 0.05) is 0 Å². The molecule has 0 radical (unpaired) electrons. The van der Waals surface area contributed by atoms with Crippen molar-refractivity contribution in [1.29, 1.82) is 0 Å². The molecule has 0 fully saturated rings. The molecule has 0 heterocycles. The molecule has 2 N–H and O–H groups in total. The first-order valence-electron chi connectivity index (χ1n) is 13.4. The first-order chi connectivity index (χ1) is 14.3. The lowest BCUT2D eigenvalue weighted by Crippen LogP contribution is -2.02. The molecule has 0 aliphatic carbocycles. The zero-order valence-corrected chi connectivity index (χ0v) is 20.3. The molecule has 0 saturated carbocycles. The molecule has 0 saturated heterocycles. The number of hydrogen-bond donors (Lipinski definition) is 1. The van der Waals surface area contributed by atoms with Crippen LogP contribution >= 0.6 is 0 Å². The van der Waals surface area contributed by atoms with E-state index in [0.717, 1.165) is 13.0 Å². The summed E-state index contributed by atoms with van der Waals surface area (Å²) in [6.45, 7) is 5.39. The van der Waals surface area contributed by atoms with Gasteiger partial charge in [0.1, 0.15) is 0 Å². The van der Waals surface area contributed by atoms with Crippen molar-refractivity contribution < 1.29 is 0 Å². The Kier molecular flexibility index (Phi) is 25.0. The number of allylic oxidation sites excluding steroid dienone is 4. The summed E-state index contributed by atoms with van der Waals surface area (Å²) in [6.07, 6.45) is 37.1. The predicted molar refractivity (Wildman–Crippen MR) is 135 cm³/mol. The molecule has 0 aromatic rings. The monoisotopic (exact) mass is 405 g/mol. The highest BCUT2D eigenvalue weighted by molar-refractivity contribution is 5.00. The summed E-state index contributed by atoms with van der Waals surface area (Å²) in [6, 6.07) is 0. The van der Waals surface area contributed by atoms with Crippen molar-refractivity contribution in [2.45, 2.75) is 142 Å². The first-order valence-corrected chi connectivity index (χ1v) is 13.4. The lowest BCUT2D eigenvalue weighted by molar-refractivity contribution is 0.576. The Morgan fingerprint density at radius 3 is 1.28 bits per heavy atom. The molecule has 0 aliphatic heterocycles. The molecular formula is C28H55N. The Balaban J connectivity index is 3.75. The topological polar surface area (TPSA) is 26.0 Å². The van der Waals surface area contributed by atoms with Gasteiger partial charge in [-0.1, -0.05) is 128 Å². The quantitative estimate of drug-likeness (QED) is 0.133. The van der Waals surface area contributed by atoms with Gasteiger partial charge in [0.05, 0.1) is 0 Å². The number of nitrogens with two attached hydrogens (primary N) is 1. The van der Waals surface area contributed by atoms with E-state index in [0.29, 0.717) is 5.92 Å². The smallest absolute Gasteiger partial charge is 0.00530 e. The van der Waals surface area contributed by atoms with Gasteiger partial charge in [-0.05, 0) is 51.0 Å². The van der Waals surface area contributed by atoms with Crippen molar-refractivity contribution in [2.75, 3.05) is 6.54 Å². The van der Waals surface area contributed by atoms with E-state index in [2.05, 4.69) is 38.2 Å². The van der Waals surface area contributed by atoms with Crippen LogP contribution in [0.3, 0.4) is 0 Å². The van der Waals surface area contributed by atoms with E-state index in [4.69, 9.17) is 5.73 Å². The van der Waals surface area contributed by atoms with E-state index in [9.17, 15) is 0 Å². The maximum absolute atomic E-state index is 5.74. The molecule has 172 valence electrons. The minimum Gasteiger partial charge on any atom is -0.330 e. The Morgan fingerprint density at radius 1 is 0.517 bits per heavy atom. The summed E-state index contributed by atoms with van der Waals surface area (Å²) >= 11 is 0. The zero-order valence-electron chi connectivity index (χ0n) is 20.3. The summed E-state index contributed by atoms with van der Waals surface area (Å²) in [5.74, 6) is 0.599. The van der Waals surface area contributed by atoms with Gasteiger partial charge in [-0.25, -0.2) is 0 Å². The lowest BCUT2D eigenvalue weighted by Gasteiger charge is -2.07. The fourth-order valence-electron chi connectivity index (χ4n) is 3.94. The van der Waals surface area contributed by atoms with Crippen LogP contribution in [-0.2, 0) is 0 Å². The summed E-state index contributed by atoms with van der Waals surface area (Å²) in [5.41, 5.74) is 5.74. The van der Waals surface area contributed by atoms with Crippen molar-refractivity contribution in [3.05, 3.63) is 24.3 Å². The molecule has 1 heteroatoms. The van der Waals surface area contributed by atoms with Crippen molar-refractivity contribution in [3.8, 4) is 0 Å². The molecule has 0 bridgehead atoms. The van der Waals surface area contributed by atoms with Gasteiger partial charge >= 0.3 is 0 Å². The number of rotatable bonds is 23. The Hall–Kier alpha value is -0.560. The summed E-state index contributed by atoms with van der Waals surface area (Å²) in [4.78, 5) is 0. The average Bonchev–Trinajstić information content (AvgIpc) is 2.74. The molecule has 29 heavy (non-hydrogen) atoms. The van der Waals surface area contributed by atoms with Crippen molar-refractivity contribution in [1.82, 2.24) is 0 Å². The molecule has 0 spiro atoms. The van der Waals surface area contributed by atoms with Gasteiger partial charge < -0.3 is 5.73 Å². The minimum absolute atomic E-state index is 0.599. The lowest BCUT2D eigenvalue weighted by atomic mass is 10.00. The van der Waals surface area contributed by atoms with E-state index in [-0.39, 0.29) is 0 Å². The van der Waals surface area contributed by atoms with Crippen molar-refractivity contribution in [2.24, 2.45) is 11.7 Å². The molecular weight excluding hydrogens is 350 g/mol. The Morgan fingerprint density at radius 2 is 0.897 bits per heavy atom. The SMILES string of the molecule is CCCCCCCCCCC=CC(C=CCCCCCCCCCC)CCCN. The highest BCUT2D eigenvalue weighted by Crippen LogP contribution is 2.15. The van der Waals surface area contributed by atoms with Crippen LogP contribution < -0.4 is 5.73 Å². The van der Waals surface area contributed by atoms with Crippen LogP contribution in [-0.4, -0.2) is 6.54 Å². The molecule has 0 aliphatic rings. The zero-order chi connectivity index (χ0) is 21.3. The molecule has 0 aromatic heterocycles. The maximum Gasteiger partial charge on any atom is -0.00530 e. The largest absolute Gasteiger partial charge is 0.330 e. The van der Waals surface area contributed by atoms with E-state index < -0.39 is 0 Å². The predicted octanol–water partition coefficient (Wildman–Crippen LogP) is 9.52. The molecule has 1 nitrogen and oxygen atoms in total. The third kappa shape index (κ3) is 23.6. The summed E-state index contributed by atoms with van der Waals surface area (Å²) in [5, 5.41) is 0. The number of unbranched alkanes of at least 4 members (excludes halogenated alkanes) is 16. The van der Waals surface area contributed by atoms with E-state index in [1.807, 2.05) is 0 Å². The van der Waals surface area contributed by atoms with Crippen LogP contribution in [0.2, 0.25) is 0 Å². The molecule has 0 rings (SSSR count). The first kappa shape index (κ1) is 28.4. The fourth-order valence-corrected chi connectivity index (χ4v) is 3.94. The second-order valence-corrected chi connectivity index (χ2v) is 8.98. The minimum atomic E-state index is 0.599. The third-order valence-electron chi connectivity index (χ3n) is 5.96. The normalized spacial score (nSPS) is 13.1. The van der Waals surface area contributed by atoms with E-state index in [1.165, 1.54) is 122 Å². The van der Waals surface area contributed by atoms with Crippen LogP contribution in [0.1, 0.15) is 142 Å². The second kappa shape index (κ2) is 25.5. The van der Waals surface area contributed by atoms with Crippen LogP contribution in [0.5, 0.6) is 0 Å². The third-order valence-corrected chi connectivity index (χ3v) is 5.96. The van der Waals surface area contributed by atoms with Gasteiger partial charge in [-0.2, -0.15) is 0 Å². The van der Waals surface area contributed by atoms with Gasteiger partial charge in [0.25, 0.3) is 0 Å². The second-order valence-electron chi connectivity index (χ2n) is 8.98. The van der Waals surface area contributed by atoms with Gasteiger partial charge in [-0.15, -0.1) is 0 Å². The number of hydrogen-bond acceptors (Lipinski definition) is 1. The van der Waals surface area contributed by atoms with Crippen molar-refractivity contribution in [3.63, 3.8) is 0 Å². The Bertz CT molecular complexity index is 314. The van der Waals surface area contributed by atoms with Crippen LogP contribution in [0, 0.1) is 5.92 Å². The molecule has 0 amide bonds. The Labute approximate surface area is 185 Å². The average molecular weight is 406 g/mol. The van der Waals surface area contributed by atoms with E-state index >= 15 is 0 Å². The van der Waals surface area contributed by atoms with Gasteiger partial charge in [0.2, 0.25) is 0 Å². The highest BCUT2D eigenvalue weighted by atomic mass is 14.5. The van der Waals surface area contributed by atoms with E-state index in [1.54, 1.807) is 0 Å². The standard InChI is InChI=1S/C28H55N/c1-3-5-7-9-11-13-15-17-19-21-24-28(26-23-27-29)25-22-20-18-16-14-12-10-8-6-4-2/h21-22,24-25,28H,3-20,23,26-27,29H2,1-2H3. The highest BCUT2D eigenvalue weighted by Gasteiger charge is 1.99. The van der Waals surface area contributed by atoms with Crippen LogP contribution in [0.25, 0.3) is 0 Å². The van der Waals surface area contributed by atoms with Crippen LogP contribution in [0.15, 0.2) is 24.3 Å². The molecule has 0 aromatic carbocycles. The van der Waals surface area contributed by atoms with Crippen LogP contribution in [0.4, 0.5) is 0 Å². The molecule has 0 unspecified atom stereocenters. The van der Waals surface area contributed by atoms with Gasteiger partial charge in [0.15, 0.2) is 0 Å². The maximum atomic E-state index is 5.74. The van der Waals surface area contributed by atoms with Crippen molar-refractivity contribution >= 4 is 0 Å². The fraction of sp³-hybridized carbons (Fsp3) is 0.857. The molecule has 0 atom stereocenters. The summed E-state index contributed by atoms with van der Waals surface area (Å²) in [7, 11) is 0. The summed E-state index contributed by atoms with van der Waals surface area (Å²) < 4.78 is 0. The van der Waals surface area contributed by atoms with Gasteiger partial charge in [-0.3, -0.25) is 0 Å².